The van der Waals surface area contributed by atoms with Gasteiger partial charge in [-0.2, -0.15) is 5.26 Å². The van der Waals surface area contributed by atoms with E-state index >= 15 is 0 Å². The summed E-state index contributed by atoms with van der Waals surface area (Å²) in [4.78, 5) is 11.7. The van der Waals surface area contributed by atoms with Crippen LogP contribution in [0.1, 0.15) is 23.7 Å². The maximum Gasteiger partial charge on any atom is 0.165 e. The number of rotatable bonds is 3. The van der Waals surface area contributed by atoms with E-state index in [2.05, 4.69) is 15.9 Å². The van der Waals surface area contributed by atoms with E-state index in [0.717, 1.165) is 0 Å². The topological polar surface area (TPSA) is 40.9 Å². The summed E-state index contributed by atoms with van der Waals surface area (Å²) >= 11 is 9.03. The number of nitrogens with zero attached hydrogens (tertiary/aromatic N) is 1. The van der Waals surface area contributed by atoms with E-state index in [4.69, 9.17) is 16.9 Å². The van der Waals surface area contributed by atoms with Crippen molar-refractivity contribution < 1.29 is 4.79 Å². The molecule has 1 unspecified atom stereocenters. The number of ketones is 1. The van der Waals surface area contributed by atoms with Crippen molar-refractivity contribution in [1.29, 1.82) is 5.26 Å². The van der Waals surface area contributed by atoms with Gasteiger partial charge in [-0.1, -0.05) is 11.6 Å². The summed E-state index contributed by atoms with van der Waals surface area (Å²) in [6, 6.07) is 7.04. The molecule has 0 heterocycles. The molecule has 78 valence electrons. The Morgan fingerprint density at radius 1 is 1.67 bits per heavy atom. The molecule has 0 aliphatic rings. The highest BCUT2D eigenvalue weighted by atomic mass is 79.9. The van der Waals surface area contributed by atoms with Crippen molar-refractivity contribution in [2.24, 2.45) is 5.92 Å². The van der Waals surface area contributed by atoms with Gasteiger partial charge in [0.1, 0.15) is 0 Å². The van der Waals surface area contributed by atoms with Gasteiger partial charge in [0.05, 0.1) is 12.0 Å². The molecule has 0 aromatic heterocycles. The minimum Gasteiger partial charge on any atom is -0.294 e. The number of carbonyl (C=O) groups excluding carboxylic acids is 1. The molecule has 0 fully saturated rings. The standard InChI is InChI=1S/C11H9BrClNO/c1-7(6-14)4-11(15)9-3-2-8(13)5-10(9)12/h2-3,5,7H,4H2,1H3. The van der Waals surface area contributed by atoms with Crippen LogP contribution in [0.3, 0.4) is 0 Å². The minimum absolute atomic E-state index is 0.0485. The van der Waals surface area contributed by atoms with Crippen molar-refractivity contribution in [3.63, 3.8) is 0 Å². The van der Waals surface area contributed by atoms with Gasteiger partial charge in [-0.05, 0) is 41.1 Å². The van der Waals surface area contributed by atoms with Crippen molar-refractivity contribution >= 4 is 33.3 Å². The lowest BCUT2D eigenvalue weighted by Crippen LogP contribution is -2.05. The zero-order valence-electron chi connectivity index (χ0n) is 8.13. The van der Waals surface area contributed by atoms with Crippen LogP contribution in [0.4, 0.5) is 0 Å². The summed E-state index contributed by atoms with van der Waals surface area (Å²) in [5.74, 6) is -0.312. The maximum atomic E-state index is 11.7. The number of Topliss-reactive ketones (excluding diaryl/α,β-unsaturated/α-hetero) is 1. The number of hydrogen-bond donors (Lipinski definition) is 0. The molecule has 0 aliphatic carbocycles. The van der Waals surface area contributed by atoms with Crippen LogP contribution in [0, 0.1) is 17.2 Å². The summed E-state index contributed by atoms with van der Waals surface area (Å²) in [7, 11) is 0. The van der Waals surface area contributed by atoms with Gasteiger partial charge in [-0.15, -0.1) is 0 Å². The van der Waals surface area contributed by atoms with Crippen LogP contribution in [-0.2, 0) is 0 Å². The van der Waals surface area contributed by atoms with Crippen LogP contribution >= 0.6 is 27.5 Å². The fourth-order valence-corrected chi connectivity index (χ4v) is 2.05. The van der Waals surface area contributed by atoms with Crippen molar-refractivity contribution in [2.45, 2.75) is 13.3 Å². The molecule has 1 aromatic carbocycles. The molecule has 0 saturated carbocycles. The summed E-state index contributed by atoms with van der Waals surface area (Å²) in [5, 5.41) is 9.18. The number of hydrogen-bond acceptors (Lipinski definition) is 2. The lowest BCUT2D eigenvalue weighted by molar-refractivity contribution is 0.0972. The highest BCUT2D eigenvalue weighted by Gasteiger charge is 2.13. The van der Waals surface area contributed by atoms with Crippen molar-refractivity contribution in [3.8, 4) is 6.07 Å². The summed E-state index contributed by atoms with van der Waals surface area (Å²) < 4.78 is 0.671. The Hall–Kier alpha value is -0.850. The zero-order valence-corrected chi connectivity index (χ0v) is 10.5. The maximum absolute atomic E-state index is 11.7. The monoisotopic (exact) mass is 285 g/mol. The van der Waals surface area contributed by atoms with Gasteiger partial charge in [0.25, 0.3) is 0 Å². The molecule has 1 atom stereocenters. The first-order chi connectivity index (χ1) is 7.04. The number of nitriles is 1. The molecule has 0 saturated heterocycles. The number of halogens is 2. The lowest BCUT2D eigenvalue weighted by Gasteiger charge is -2.04. The third-order valence-electron chi connectivity index (χ3n) is 1.94. The first-order valence-electron chi connectivity index (χ1n) is 4.42. The van der Waals surface area contributed by atoms with Crippen molar-refractivity contribution in [3.05, 3.63) is 33.3 Å². The van der Waals surface area contributed by atoms with Crippen LogP contribution in [0.15, 0.2) is 22.7 Å². The molecule has 0 N–H and O–H groups in total. The van der Waals surface area contributed by atoms with Gasteiger partial charge in [0, 0.05) is 21.5 Å². The average Bonchev–Trinajstić information content (AvgIpc) is 2.17. The first kappa shape index (κ1) is 12.2. The highest BCUT2D eigenvalue weighted by Crippen LogP contribution is 2.23. The van der Waals surface area contributed by atoms with Crippen LogP contribution in [0.5, 0.6) is 0 Å². The smallest absolute Gasteiger partial charge is 0.165 e. The Morgan fingerprint density at radius 2 is 2.33 bits per heavy atom. The molecule has 4 heteroatoms. The molecule has 15 heavy (non-hydrogen) atoms. The van der Waals surface area contributed by atoms with Crippen LogP contribution in [0.25, 0.3) is 0 Å². The first-order valence-corrected chi connectivity index (χ1v) is 5.59. The Balaban J connectivity index is 2.88. The molecule has 1 rings (SSSR count). The van der Waals surface area contributed by atoms with E-state index < -0.39 is 0 Å². The second-order valence-corrected chi connectivity index (χ2v) is 4.57. The molecular weight excluding hydrogens is 277 g/mol. The Bertz CT molecular complexity index is 425. The van der Waals surface area contributed by atoms with Gasteiger partial charge < -0.3 is 0 Å². The fourth-order valence-electron chi connectivity index (χ4n) is 1.15. The summed E-state index contributed by atoms with van der Waals surface area (Å²) in [6.07, 6.45) is 0.233. The van der Waals surface area contributed by atoms with Gasteiger partial charge >= 0.3 is 0 Å². The quantitative estimate of drug-likeness (QED) is 0.792. The number of carbonyl (C=O) groups is 1. The second-order valence-electron chi connectivity index (χ2n) is 3.28. The van der Waals surface area contributed by atoms with E-state index in [9.17, 15) is 4.79 Å². The predicted octanol–water partition coefficient (Wildman–Crippen LogP) is 3.83. The number of benzene rings is 1. The molecule has 0 spiro atoms. The largest absolute Gasteiger partial charge is 0.294 e. The van der Waals surface area contributed by atoms with Crippen LogP contribution < -0.4 is 0 Å². The molecule has 1 aromatic rings. The Morgan fingerprint density at radius 3 is 2.87 bits per heavy atom. The van der Waals surface area contributed by atoms with Crippen LogP contribution in [-0.4, -0.2) is 5.78 Å². The molecule has 0 amide bonds. The second kappa shape index (κ2) is 5.29. The van der Waals surface area contributed by atoms with Crippen molar-refractivity contribution in [2.75, 3.05) is 0 Å². The van der Waals surface area contributed by atoms with E-state index in [1.807, 2.05) is 6.07 Å². The SMILES string of the molecule is CC(C#N)CC(=O)c1ccc(Cl)cc1Br. The van der Waals surface area contributed by atoms with Crippen molar-refractivity contribution in [1.82, 2.24) is 0 Å². The lowest BCUT2D eigenvalue weighted by atomic mass is 10.0. The molecular formula is C11H9BrClNO. The minimum atomic E-state index is -0.264. The normalized spacial score (nSPS) is 11.9. The molecule has 0 bridgehead atoms. The third-order valence-corrected chi connectivity index (χ3v) is 2.83. The Labute approximate surface area is 102 Å². The van der Waals surface area contributed by atoms with Gasteiger partial charge in [-0.25, -0.2) is 0 Å². The Kier molecular flexibility index (Phi) is 4.31. The molecule has 0 aliphatic heterocycles. The van der Waals surface area contributed by atoms with Gasteiger partial charge in [0.15, 0.2) is 5.78 Å². The fraction of sp³-hybridized carbons (Fsp3) is 0.273. The molecule has 2 nitrogen and oxygen atoms in total. The summed E-state index contributed by atoms with van der Waals surface area (Å²) in [6.45, 7) is 1.72. The molecule has 0 radical (unpaired) electrons. The zero-order chi connectivity index (χ0) is 11.4. The average molecular weight is 287 g/mol. The predicted molar refractivity (Wildman–Crippen MR) is 62.9 cm³/mol. The van der Waals surface area contributed by atoms with Gasteiger partial charge in [0.2, 0.25) is 0 Å². The third kappa shape index (κ3) is 3.33. The van der Waals surface area contributed by atoms with E-state index in [1.165, 1.54) is 0 Å². The van der Waals surface area contributed by atoms with E-state index in [1.54, 1.807) is 25.1 Å². The van der Waals surface area contributed by atoms with Crippen LogP contribution in [0.2, 0.25) is 5.02 Å². The highest BCUT2D eigenvalue weighted by molar-refractivity contribution is 9.10. The van der Waals surface area contributed by atoms with E-state index in [0.29, 0.717) is 15.1 Å². The summed E-state index contributed by atoms with van der Waals surface area (Å²) in [5.41, 5.74) is 0.571. The van der Waals surface area contributed by atoms with Gasteiger partial charge in [-0.3, -0.25) is 4.79 Å². The van der Waals surface area contributed by atoms with E-state index in [-0.39, 0.29) is 18.1 Å².